The summed E-state index contributed by atoms with van der Waals surface area (Å²) in [6, 6.07) is 0. The Kier molecular flexibility index (Phi) is 5.82. The molecule has 0 nitrogen and oxygen atoms in total. The summed E-state index contributed by atoms with van der Waals surface area (Å²) in [6.07, 6.45) is 0. The standard InChI is InChI=1S/C22H30S2/c1-11-13(3)17(7)21(18(8)14(11)4)23-24-22-19(9)15(5)12(2)16(6)20(22)10/h1-10H3. The summed E-state index contributed by atoms with van der Waals surface area (Å²) in [4.78, 5) is 2.88. The van der Waals surface area contributed by atoms with Gasteiger partial charge in [-0.1, -0.05) is 21.6 Å². The van der Waals surface area contributed by atoms with Crippen molar-refractivity contribution in [2.75, 3.05) is 0 Å². The average Bonchev–Trinajstić information content (AvgIpc) is 2.57. The van der Waals surface area contributed by atoms with Gasteiger partial charge >= 0.3 is 0 Å². The second-order valence-corrected chi connectivity index (χ2v) is 9.22. The predicted molar refractivity (Wildman–Crippen MR) is 112 cm³/mol. The van der Waals surface area contributed by atoms with E-state index in [9.17, 15) is 0 Å². The monoisotopic (exact) mass is 358 g/mol. The fraction of sp³-hybridized carbons (Fsp3) is 0.455. The zero-order valence-corrected chi connectivity index (χ0v) is 18.4. The van der Waals surface area contributed by atoms with Gasteiger partial charge in [-0.3, -0.25) is 0 Å². The molecule has 0 aliphatic carbocycles. The molecule has 130 valence electrons. The van der Waals surface area contributed by atoms with Crippen LogP contribution in [0.4, 0.5) is 0 Å². The molecule has 0 fully saturated rings. The Balaban J connectivity index is 2.48. The van der Waals surface area contributed by atoms with Crippen LogP contribution in [0.3, 0.4) is 0 Å². The molecule has 0 saturated heterocycles. The molecule has 0 radical (unpaired) electrons. The second-order valence-electron chi connectivity index (χ2n) is 7.07. The second kappa shape index (κ2) is 7.17. The quantitative estimate of drug-likeness (QED) is 0.519. The maximum atomic E-state index is 2.27. The van der Waals surface area contributed by atoms with E-state index in [0.29, 0.717) is 0 Å². The molecular formula is C22H30S2. The van der Waals surface area contributed by atoms with Gasteiger partial charge in [0.2, 0.25) is 0 Å². The molecule has 0 N–H and O–H groups in total. The van der Waals surface area contributed by atoms with Gasteiger partial charge in [-0.25, -0.2) is 0 Å². The summed E-state index contributed by atoms with van der Waals surface area (Å²) >= 11 is 0. The lowest BCUT2D eigenvalue weighted by Gasteiger charge is -2.20. The van der Waals surface area contributed by atoms with Crippen molar-refractivity contribution in [1.29, 1.82) is 0 Å². The normalized spacial score (nSPS) is 11.2. The third kappa shape index (κ3) is 3.15. The molecule has 0 aliphatic rings. The van der Waals surface area contributed by atoms with E-state index in [-0.39, 0.29) is 0 Å². The highest BCUT2D eigenvalue weighted by atomic mass is 33.1. The van der Waals surface area contributed by atoms with Crippen molar-refractivity contribution in [3.05, 3.63) is 55.6 Å². The minimum absolute atomic E-state index is 1.43. The van der Waals surface area contributed by atoms with E-state index in [2.05, 4.69) is 69.2 Å². The Hall–Kier alpha value is -0.860. The van der Waals surface area contributed by atoms with Crippen LogP contribution in [0.25, 0.3) is 0 Å². The van der Waals surface area contributed by atoms with E-state index in [0.717, 1.165) is 0 Å². The molecule has 2 rings (SSSR count). The first-order chi connectivity index (χ1) is 11.1. The molecule has 0 atom stereocenters. The van der Waals surface area contributed by atoms with Gasteiger partial charge in [0.25, 0.3) is 0 Å². The maximum absolute atomic E-state index is 2.27. The summed E-state index contributed by atoms with van der Waals surface area (Å²) in [5.74, 6) is 0. The lowest BCUT2D eigenvalue weighted by molar-refractivity contribution is 1.09. The van der Waals surface area contributed by atoms with E-state index in [1.165, 1.54) is 65.4 Å². The molecular weight excluding hydrogens is 328 g/mol. The van der Waals surface area contributed by atoms with Gasteiger partial charge in [0.1, 0.15) is 0 Å². The molecule has 2 heteroatoms. The minimum atomic E-state index is 1.43. The third-order valence-corrected chi connectivity index (χ3v) is 8.96. The number of rotatable bonds is 3. The van der Waals surface area contributed by atoms with Crippen molar-refractivity contribution in [2.45, 2.75) is 79.0 Å². The molecule has 0 unspecified atom stereocenters. The first-order valence-corrected chi connectivity index (χ1v) is 10.7. The molecule has 0 amide bonds. The van der Waals surface area contributed by atoms with E-state index in [1.807, 2.05) is 21.6 Å². The lowest BCUT2D eigenvalue weighted by atomic mass is 9.95. The van der Waals surface area contributed by atoms with Crippen LogP contribution in [0, 0.1) is 69.2 Å². The highest BCUT2D eigenvalue weighted by molar-refractivity contribution is 8.76. The Labute approximate surface area is 156 Å². The highest BCUT2D eigenvalue weighted by Crippen LogP contribution is 2.46. The van der Waals surface area contributed by atoms with Crippen molar-refractivity contribution < 1.29 is 0 Å². The molecule has 24 heavy (non-hydrogen) atoms. The molecule has 0 aliphatic heterocycles. The summed E-state index contributed by atoms with van der Waals surface area (Å²) in [7, 11) is 3.86. The smallest absolute Gasteiger partial charge is 0.0250 e. The van der Waals surface area contributed by atoms with Gasteiger partial charge in [-0.05, 0) is 125 Å². The van der Waals surface area contributed by atoms with Crippen LogP contribution in [-0.4, -0.2) is 0 Å². The van der Waals surface area contributed by atoms with Gasteiger partial charge in [0, 0.05) is 9.79 Å². The molecule has 0 saturated carbocycles. The molecule has 0 bridgehead atoms. The summed E-state index contributed by atoms with van der Waals surface area (Å²) in [6.45, 7) is 22.6. The third-order valence-electron chi connectivity index (χ3n) is 6.07. The number of benzene rings is 2. The van der Waals surface area contributed by atoms with Crippen molar-refractivity contribution in [1.82, 2.24) is 0 Å². The van der Waals surface area contributed by atoms with E-state index >= 15 is 0 Å². The Bertz CT molecular complexity index is 686. The van der Waals surface area contributed by atoms with Crippen LogP contribution in [0.1, 0.15) is 55.6 Å². The van der Waals surface area contributed by atoms with Crippen LogP contribution in [0.5, 0.6) is 0 Å². The van der Waals surface area contributed by atoms with Crippen LogP contribution in [0.15, 0.2) is 9.79 Å². The molecule has 0 aromatic heterocycles. The van der Waals surface area contributed by atoms with Gasteiger partial charge in [-0.15, -0.1) is 0 Å². The number of hydrogen-bond acceptors (Lipinski definition) is 2. The fourth-order valence-corrected chi connectivity index (χ4v) is 6.54. The average molecular weight is 359 g/mol. The zero-order valence-electron chi connectivity index (χ0n) is 16.8. The van der Waals surface area contributed by atoms with Gasteiger partial charge in [0.15, 0.2) is 0 Å². The predicted octanol–water partition coefficient (Wildman–Crippen LogP) is 7.57. The topological polar surface area (TPSA) is 0 Å². The van der Waals surface area contributed by atoms with E-state index < -0.39 is 0 Å². The van der Waals surface area contributed by atoms with Gasteiger partial charge in [0.05, 0.1) is 0 Å². The maximum Gasteiger partial charge on any atom is 0.0250 e. The lowest BCUT2D eigenvalue weighted by Crippen LogP contribution is -1.99. The summed E-state index contributed by atoms with van der Waals surface area (Å²) in [5.41, 5.74) is 14.4. The molecule has 2 aromatic carbocycles. The van der Waals surface area contributed by atoms with Crippen molar-refractivity contribution in [3.8, 4) is 0 Å². The van der Waals surface area contributed by atoms with E-state index in [1.54, 1.807) is 0 Å². The number of hydrogen-bond donors (Lipinski definition) is 0. The largest absolute Gasteiger partial charge is 0.0520 e. The van der Waals surface area contributed by atoms with Crippen molar-refractivity contribution in [2.24, 2.45) is 0 Å². The van der Waals surface area contributed by atoms with Crippen LogP contribution >= 0.6 is 21.6 Å². The first kappa shape index (κ1) is 19.5. The van der Waals surface area contributed by atoms with Gasteiger partial charge < -0.3 is 0 Å². The summed E-state index contributed by atoms with van der Waals surface area (Å²) in [5, 5.41) is 0. The van der Waals surface area contributed by atoms with Crippen LogP contribution in [0.2, 0.25) is 0 Å². The molecule has 0 heterocycles. The van der Waals surface area contributed by atoms with Crippen LogP contribution < -0.4 is 0 Å². The molecule has 0 spiro atoms. The molecule has 2 aromatic rings. The van der Waals surface area contributed by atoms with Crippen LogP contribution in [-0.2, 0) is 0 Å². The Morgan fingerprint density at radius 1 is 0.292 bits per heavy atom. The summed E-state index contributed by atoms with van der Waals surface area (Å²) < 4.78 is 0. The van der Waals surface area contributed by atoms with Gasteiger partial charge in [-0.2, -0.15) is 0 Å². The first-order valence-electron chi connectivity index (χ1n) is 8.57. The zero-order chi connectivity index (χ0) is 18.3. The SMILES string of the molecule is Cc1c(C)c(C)c(SSc2c(C)c(C)c(C)c(C)c2C)c(C)c1C. The Morgan fingerprint density at radius 3 is 0.667 bits per heavy atom. The van der Waals surface area contributed by atoms with Crippen molar-refractivity contribution >= 4 is 21.6 Å². The van der Waals surface area contributed by atoms with E-state index in [4.69, 9.17) is 0 Å². The fourth-order valence-electron chi connectivity index (χ4n) is 3.26. The highest BCUT2D eigenvalue weighted by Gasteiger charge is 2.17. The minimum Gasteiger partial charge on any atom is -0.0520 e. The van der Waals surface area contributed by atoms with Crippen molar-refractivity contribution in [3.63, 3.8) is 0 Å². The Morgan fingerprint density at radius 2 is 0.458 bits per heavy atom.